The number of aromatic hydroxyl groups is 1. The van der Waals surface area contributed by atoms with Gasteiger partial charge in [-0.05, 0) is 61.7 Å². The summed E-state index contributed by atoms with van der Waals surface area (Å²) in [5.41, 5.74) is 3.93. The molecule has 9 nitrogen and oxygen atoms in total. The zero-order chi connectivity index (χ0) is 29.5. The Morgan fingerprint density at radius 3 is 2.21 bits per heavy atom. The number of benzene rings is 1. The quantitative estimate of drug-likeness (QED) is 0.388. The molecule has 0 heterocycles. The minimum Gasteiger partial charge on any atom is -0.507 e. The average Bonchev–Trinajstić information content (AvgIpc) is 2.79. The number of phenols is 1. The Balaban J connectivity index is 2.03. The average molecular weight is 539 g/mol. The first-order chi connectivity index (χ1) is 17.9. The minimum absolute atomic E-state index is 0.00981. The molecular weight excluding hydrogens is 500 g/mol. The molecule has 1 amide bonds. The second-order valence-electron chi connectivity index (χ2n) is 12.9. The van der Waals surface area contributed by atoms with Crippen molar-refractivity contribution in [3.63, 3.8) is 0 Å². The number of carbonyl (C=O) groups is 5. The number of carbonyl (C=O) groups excluding carboxylic acids is 5. The molecule has 1 aromatic carbocycles. The van der Waals surface area contributed by atoms with Gasteiger partial charge in [-0.2, -0.15) is 0 Å². The predicted molar refractivity (Wildman–Crippen MR) is 143 cm³/mol. The Morgan fingerprint density at radius 1 is 1.13 bits per heavy atom. The van der Waals surface area contributed by atoms with E-state index in [2.05, 4.69) is 6.58 Å². The highest BCUT2D eigenvalue weighted by Crippen LogP contribution is 2.58. The smallest absolute Gasteiger partial charge is 0.235 e. The molecule has 210 valence electrons. The third-order valence-corrected chi connectivity index (χ3v) is 9.08. The van der Waals surface area contributed by atoms with Gasteiger partial charge in [0.1, 0.15) is 5.75 Å². The molecule has 4 N–H and O–H groups in total. The van der Waals surface area contributed by atoms with E-state index < -0.39 is 81.6 Å². The zero-order valence-electron chi connectivity index (χ0n) is 23.6. The molecule has 39 heavy (non-hydrogen) atoms. The number of amides is 1. The lowest BCUT2D eigenvalue weighted by molar-refractivity contribution is -0.189. The number of Topliss-reactive ketones (excluding diaryl/α,β-unsaturated/α-hetero) is 4. The minimum atomic E-state index is -2.80. The molecule has 2 fully saturated rings. The second kappa shape index (κ2) is 9.20. The van der Waals surface area contributed by atoms with Crippen molar-refractivity contribution in [1.29, 1.82) is 0 Å². The van der Waals surface area contributed by atoms with Crippen molar-refractivity contribution in [2.45, 2.75) is 64.0 Å². The predicted octanol–water partition coefficient (Wildman–Crippen LogP) is 1.92. The van der Waals surface area contributed by atoms with Crippen LogP contribution in [0, 0.1) is 29.6 Å². The van der Waals surface area contributed by atoms with Gasteiger partial charge in [0.15, 0.2) is 34.7 Å². The van der Waals surface area contributed by atoms with Crippen molar-refractivity contribution in [3.8, 4) is 5.75 Å². The van der Waals surface area contributed by atoms with Crippen molar-refractivity contribution in [1.82, 2.24) is 4.90 Å². The number of aliphatic hydroxyl groups is 1. The first-order valence-corrected chi connectivity index (χ1v) is 13.2. The number of nitrogens with two attached hydrogens (primary N) is 1. The first kappa shape index (κ1) is 28.8. The fourth-order valence-electron chi connectivity index (χ4n) is 7.49. The molecule has 3 aliphatic rings. The van der Waals surface area contributed by atoms with E-state index in [9.17, 15) is 34.2 Å². The highest BCUT2D eigenvalue weighted by molar-refractivity contribution is 6.32. The number of rotatable bonds is 4. The molecular formula is C30H38N2O7. The summed E-state index contributed by atoms with van der Waals surface area (Å²) < 4.78 is 0. The van der Waals surface area contributed by atoms with Gasteiger partial charge in [-0.15, -0.1) is 6.58 Å². The Kier molecular flexibility index (Phi) is 6.80. The molecule has 0 aromatic heterocycles. The molecule has 0 spiro atoms. The summed E-state index contributed by atoms with van der Waals surface area (Å²) in [4.78, 5) is 69.5. The van der Waals surface area contributed by atoms with Crippen LogP contribution in [0.2, 0.25) is 0 Å². The van der Waals surface area contributed by atoms with E-state index in [0.29, 0.717) is 16.7 Å². The van der Waals surface area contributed by atoms with Crippen LogP contribution in [0.5, 0.6) is 5.75 Å². The summed E-state index contributed by atoms with van der Waals surface area (Å²) in [6.45, 7) is 13.3. The molecule has 2 saturated carbocycles. The van der Waals surface area contributed by atoms with Gasteiger partial charge in [-0.1, -0.05) is 45.4 Å². The molecule has 0 aliphatic heterocycles. The summed E-state index contributed by atoms with van der Waals surface area (Å²) in [6, 6.07) is 2.39. The lowest BCUT2D eigenvalue weighted by atomic mass is 9.46. The number of likely N-dealkylation sites (N-methyl/N-ethyl adjacent to an activating group) is 1. The summed E-state index contributed by atoms with van der Waals surface area (Å²) in [5.74, 6) is -11.8. The SMILES string of the molecule is C=C(C)C[C@H]1[C@H]2C(C(=O)c3c(ccc(C(C)(C)C)c3O)[C@@H]2C)C(=O)[C@]2(O)C(=O)C(C(N)=O)C(=O)C(N(C)C)[C@H]12. The number of hydrogen-bond acceptors (Lipinski definition) is 8. The number of ketones is 4. The number of hydrogen-bond donors (Lipinski definition) is 3. The Hall–Kier alpha value is -3.17. The second-order valence-corrected chi connectivity index (χ2v) is 12.9. The van der Waals surface area contributed by atoms with Crippen molar-refractivity contribution in [3.05, 3.63) is 41.0 Å². The molecule has 0 radical (unpaired) electrons. The van der Waals surface area contributed by atoms with Gasteiger partial charge >= 0.3 is 0 Å². The lowest BCUT2D eigenvalue weighted by Crippen LogP contribution is -2.76. The highest BCUT2D eigenvalue weighted by atomic mass is 16.3. The van der Waals surface area contributed by atoms with Crippen LogP contribution in [0.1, 0.15) is 68.4 Å². The summed E-state index contributed by atoms with van der Waals surface area (Å²) >= 11 is 0. The van der Waals surface area contributed by atoms with Crippen LogP contribution in [0.3, 0.4) is 0 Å². The molecule has 9 heteroatoms. The Morgan fingerprint density at radius 2 is 1.72 bits per heavy atom. The molecule has 0 bridgehead atoms. The van der Waals surface area contributed by atoms with Crippen LogP contribution >= 0.6 is 0 Å². The van der Waals surface area contributed by atoms with E-state index in [4.69, 9.17) is 5.73 Å². The van der Waals surface area contributed by atoms with E-state index in [1.165, 1.54) is 4.90 Å². The van der Waals surface area contributed by atoms with Gasteiger partial charge in [-0.25, -0.2) is 0 Å². The number of allylic oxidation sites excluding steroid dienone is 1. The molecule has 0 saturated heterocycles. The van der Waals surface area contributed by atoms with Crippen molar-refractivity contribution >= 4 is 29.0 Å². The van der Waals surface area contributed by atoms with Crippen LogP contribution in [-0.2, 0) is 24.6 Å². The standard InChI is InChI=1S/C30H38N2O7/c1-12(2)11-15-17-13(3)14-9-10-16(29(4,5)6)23(33)18(14)24(34)19(17)26(36)30(39)21(15)22(32(7)8)25(35)20(27(30)37)28(31)38/h9-10,13,15,17,19-22,33,39H,1,11H2,2-8H3,(H2,31,38)/t13-,15-,17-,19?,20?,21-,22?,30-/m0/s1. The van der Waals surface area contributed by atoms with E-state index in [-0.39, 0.29) is 17.7 Å². The molecule has 1 aromatic rings. The van der Waals surface area contributed by atoms with Gasteiger partial charge in [0, 0.05) is 5.92 Å². The fraction of sp³-hybridized carbons (Fsp3) is 0.567. The summed E-state index contributed by atoms with van der Waals surface area (Å²) in [7, 11) is 3.14. The Bertz CT molecular complexity index is 1320. The largest absolute Gasteiger partial charge is 0.507 e. The fourth-order valence-corrected chi connectivity index (χ4v) is 7.49. The third-order valence-electron chi connectivity index (χ3n) is 9.08. The van der Waals surface area contributed by atoms with Gasteiger partial charge < -0.3 is 15.9 Å². The summed E-state index contributed by atoms with van der Waals surface area (Å²) in [5, 5.41) is 23.4. The number of nitrogens with zero attached hydrogens (tertiary/aromatic N) is 1. The summed E-state index contributed by atoms with van der Waals surface area (Å²) in [6.07, 6.45) is 0.229. The first-order valence-electron chi connectivity index (χ1n) is 13.2. The normalized spacial score (nSPS) is 34.4. The topological polar surface area (TPSA) is 155 Å². The van der Waals surface area contributed by atoms with E-state index in [0.717, 1.165) is 0 Å². The molecule has 4 rings (SSSR count). The lowest BCUT2D eigenvalue weighted by Gasteiger charge is -2.57. The van der Waals surface area contributed by atoms with Crippen molar-refractivity contribution < 1.29 is 34.2 Å². The van der Waals surface area contributed by atoms with Crippen LogP contribution in [-0.4, -0.2) is 69.9 Å². The van der Waals surface area contributed by atoms with Gasteiger partial charge in [-0.3, -0.25) is 28.9 Å². The number of fused-ring (bicyclic) bond motifs is 3. The Labute approximate surface area is 228 Å². The number of primary amides is 1. The molecule has 8 atom stereocenters. The zero-order valence-corrected chi connectivity index (χ0v) is 23.6. The maximum Gasteiger partial charge on any atom is 0.235 e. The van der Waals surface area contributed by atoms with Crippen molar-refractivity contribution in [2.75, 3.05) is 14.1 Å². The molecule has 3 unspecified atom stereocenters. The van der Waals surface area contributed by atoms with Gasteiger partial charge in [0.2, 0.25) is 5.91 Å². The maximum atomic E-state index is 14.3. The van der Waals surface area contributed by atoms with Crippen LogP contribution in [0.25, 0.3) is 0 Å². The van der Waals surface area contributed by atoms with Crippen LogP contribution < -0.4 is 5.73 Å². The third kappa shape index (κ3) is 3.92. The van der Waals surface area contributed by atoms with Gasteiger partial charge in [0.25, 0.3) is 0 Å². The number of phenolic OH excluding ortho intramolecular Hbond substituents is 1. The van der Waals surface area contributed by atoms with Crippen molar-refractivity contribution in [2.24, 2.45) is 35.3 Å². The monoisotopic (exact) mass is 538 g/mol. The van der Waals surface area contributed by atoms with E-state index in [1.54, 1.807) is 33.2 Å². The molecule has 3 aliphatic carbocycles. The maximum absolute atomic E-state index is 14.3. The van der Waals surface area contributed by atoms with Crippen LogP contribution in [0.15, 0.2) is 24.3 Å². The van der Waals surface area contributed by atoms with E-state index in [1.807, 2.05) is 27.7 Å². The van der Waals surface area contributed by atoms with E-state index >= 15 is 0 Å². The highest BCUT2D eigenvalue weighted by Gasteiger charge is 2.72. The van der Waals surface area contributed by atoms with Gasteiger partial charge in [0.05, 0.1) is 17.5 Å². The van der Waals surface area contributed by atoms with Crippen LogP contribution in [0.4, 0.5) is 0 Å².